The maximum atomic E-state index is 4.68. The summed E-state index contributed by atoms with van der Waals surface area (Å²) in [6.07, 6.45) is -0.0648. The van der Waals surface area contributed by atoms with Crippen molar-refractivity contribution in [2.45, 2.75) is 28.1 Å². The fourth-order valence-electron chi connectivity index (χ4n) is 0.0962. The summed E-state index contributed by atoms with van der Waals surface area (Å²) in [6, 6.07) is 0. The third kappa shape index (κ3) is 9.33. The van der Waals surface area contributed by atoms with Crippen LogP contribution in [0.2, 0.25) is 0 Å². The Morgan fingerprint density at radius 3 is 1.25 bits per heavy atom. The summed E-state index contributed by atoms with van der Waals surface area (Å²) in [4.78, 5) is 0. The molecule has 0 aromatic rings. The lowest BCUT2D eigenvalue weighted by atomic mass is 10.8. The fraction of sp³-hybridized carbons (Fsp3) is 1.00. The molecule has 0 saturated carbocycles. The highest BCUT2D eigenvalue weighted by Crippen LogP contribution is 1.82. The molecule has 8 heavy (non-hydrogen) atoms. The van der Waals surface area contributed by atoms with Gasteiger partial charge in [0.05, 0.1) is 0 Å². The van der Waals surface area contributed by atoms with Gasteiger partial charge in [0.25, 0.3) is 0 Å². The highest BCUT2D eigenvalue weighted by molar-refractivity contribution is 4.17. The van der Waals surface area contributed by atoms with Crippen molar-refractivity contribution in [1.82, 2.24) is 0 Å². The van der Waals surface area contributed by atoms with Gasteiger partial charge in [-0.25, -0.2) is 0 Å². The summed E-state index contributed by atoms with van der Waals surface area (Å²) in [6.45, 7) is 1.83. The van der Waals surface area contributed by atoms with Crippen LogP contribution < -0.4 is 0 Å². The maximum absolute atomic E-state index is 4.68. The van der Waals surface area contributed by atoms with Gasteiger partial charge in [-0.05, 0) is 6.92 Å². The second-order valence-electron chi connectivity index (χ2n) is 1.04. The van der Waals surface area contributed by atoms with E-state index in [9.17, 15) is 0 Å². The van der Waals surface area contributed by atoms with Gasteiger partial charge in [0.2, 0.25) is 0 Å². The van der Waals surface area contributed by atoms with Crippen molar-refractivity contribution in [2.24, 2.45) is 0 Å². The lowest BCUT2D eigenvalue weighted by molar-refractivity contribution is -0.0877. The zero-order valence-electron chi connectivity index (χ0n) is 4.39. The smallest absolute Gasteiger partial charge is 0.154 e. The molecule has 0 N–H and O–H groups in total. The fourth-order valence-corrected chi connectivity index (χ4v) is 0.0962. The molecule has 0 unspecified atom stereocenters. The van der Waals surface area contributed by atoms with Crippen molar-refractivity contribution in [3.8, 4) is 0 Å². The van der Waals surface area contributed by atoms with Crippen LogP contribution in [0.4, 0.5) is 0 Å². The molecule has 0 bridgehead atoms. The van der Waals surface area contributed by atoms with Crippen LogP contribution in [0.15, 0.2) is 0 Å². The quantitative estimate of drug-likeness (QED) is 0.521. The number of ether oxygens (including phenoxy) is 2. The zero-order chi connectivity index (χ0) is 4.99. The molecule has 0 heterocycles. The molecule has 0 aromatic carbocycles. The molecule has 0 saturated heterocycles. The SMILES string of the molecule is C.C.COC(C)OC. The van der Waals surface area contributed by atoms with Gasteiger partial charge in [-0.1, -0.05) is 14.9 Å². The van der Waals surface area contributed by atoms with Gasteiger partial charge in [0.15, 0.2) is 6.29 Å². The highest BCUT2D eigenvalue weighted by atomic mass is 16.7. The second kappa shape index (κ2) is 10.0. The van der Waals surface area contributed by atoms with Crippen LogP contribution >= 0.6 is 0 Å². The minimum Gasteiger partial charge on any atom is -0.356 e. The van der Waals surface area contributed by atoms with E-state index in [1.807, 2.05) is 6.92 Å². The van der Waals surface area contributed by atoms with E-state index in [0.29, 0.717) is 0 Å². The van der Waals surface area contributed by atoms with E-state index in [1.54, 1.807) is 14.2 Å². The van der Waals surface area contributed by atoms with Crippen LogP contribution in [0.5, 0.6) is 0 Å². The minimum absolute atomic E-state index is 0. The summed E-state index contributed by atoms with van der Waals surface area (Å²) in [5.41, 5.74) is 0. The van der Waals surface area contributed by atoms with Crippen LogP contribution in [0.3, 0.4) is 0 Å². The first-order valence-corrected chi connectivity index (χ1v) is 1.87. The molecule has 0 spiro atoms. The zero-order valence-corrected chi connectivity index (χ0v) is 4.39. The molecule has 0 atom stereocenters. The summed E-state index contributed by atoms with van der Waals surface area (Å²) in [7, 11) is 3.21. The summed E-state index contributed by atoms with van der Waals surface area (Å²) >= 11 is 0. The number of rotatable bonds is 2. The highest BCUT2D eigenvalue weighted by Gasteiger charge is 1.87. The Morgan fingerprint density at radius 2 is 1.25 bits per heavy atom. The average Bonchev–Trinajstić information content (AvgIpc) is 1.65. The first-order chi connectivity index (χ1) is 2.81. The summed E-state index contributed by atoms with van der Waals surface area (Å²) in [5, 5.41) is 0. The molecule has 0 radical (unpaired) electrons. The molecule has 0 aliphatic rings. The lowest BCUT2D eigenvalue weighted by Gasteiger charge is -2.03. The topological polar surface area (TPSA) is 18.5 Å². The monoisotopic (exact) mass is 122 g/mol. The van der Waals surface area contributed by atoms with E-state index >= 15 is 0 Å². The Hall–Kier alpha value is -0.0800. The molecule has 0 amide bonds. The van der Waals surface area contributed by atoms with Crippen LogP contribution in [-0.2, 0) is 9.47 Å². The largest absolute Gasteiger partial charge is 0.356 e. The van der Waals surface area contributed by atoms with Crippen molar-refractivity contribution in [2.75, 3.05) is 14.2 Å². The molecule has 0 aromatic heterocycles. The molecular weight excluding hydrogens is 104 g/mol. The van der Waals surface area contributed by atoms with E-state index < -0.39 is 0 Å². The van der Waals surface area contributed by atoms with Gasteiger partial charge in [-0.3, -0.25) is 0 Å². The van der Waals surface area contributed by atoms with E-state index in [4.69, 9.17) is 0 Å². The van der Waals surface area contributed by atoms with Crippen LogP contribution in [0.25, 0.3) is 0 Å². The normalized spacial score (nSPS) is 7.50. The van der Waals surface area contributed by atoms with Gasteiger partial charge < -0.3 is 9.47 Å². The molecule has 0 aliphatic heterocycles. The molecule has 2 heteroatoms. The van der Waals surface area contributed by atoms with Gasteiger partial charge in [0.1, 0.15) is 0 Å². The third-order valence-corrected chi connectivity index (χ3v) is 0.664. The molecule has 0 rings (SSSR count). The molecule has 2 nitrogen and oxygen atoms in total. The minimum atomic E-state index is -0.0648. The predicted octanol–water partition coefficient (Wildman–Crippen LogP) is 1.90. The summed E-state index contributed by atoms with van der Waals surface area (Å²) < 4.78 is 9.35. The number of hydrogen-bond acceptors (Lipinski definition) is 2. The van der Waals surface area contributed by atoms with Gasteiger partial charge in [-0.2, -0.15) is 0 Å². The van der Waals surface area contributed by atoms with Crippen LogP contribution in [-0.4, -0.2) is 20.5 Å². The first-order valence-electron chi connectivity index (χ1n) is 1.87. The Labute approximate surface area is 52.8 Å². The van der Waals surface area contributed by atoms with E-state index in [0.717, 1.165) is 0 Å². The van der Waals surface area contributed by atoms with Crippen LogP contribution in [0.1, 0.15) is 21.8 Å². The number of methoxy groups -OCH3 is 2. The molecule has 0 fully saturated rings. The first kappa shape index (κ1) is 15.7. The van der Waals surface area contributed by atoms with Crippen LogP contribution in [0, 0.1) is 0 Å². The van der Waals surface area contributed by atoms with Gasteiger partial charge in [-0.15, -0.1) is 0 Å². The van der Waals surface area contributed by atoms with Crippen molar-refractivity contribution in [3.63, 3.8) is 0 Å². The van der Waals surface area contributed by atoms with Gasteiger partial charge >= 0.3 is 0 Å². The van der Waals surface area contributed by atoms with Crippen molar-refractivity contribution < 1.29 is 9.47 Å². The Bertz CT molecular complexity index is 25.7. The van der Waals surface area contributed by atoms with E-state index in [1.165, 1.54) is 0 Å². The standard InChI is InChI=1S/C4H10O2.2CH4/c1-4(5-2)6-3;;/h4H,1-3H3;2*1H4. The Kier molecular flexibility index (Phi) is 19.6. The second-order valence-corrected chi connectivity index (χ2v) is 1.04. The predicted molar refractivity (Wildman–Crippen MR) is 36.9 cm³/mol. The lowest BCUT2D eigenvalue weighted by Crippen LogP contribution is -2.05. The van der Waals surface area contributed by atoms with Crippen molar-refractivity contribution in [3.05, 3.63) is 0 Å². The molecule has 0 aliphatic carbocycles. The van der Waals surface area contributed by atoms with Gasteiger partial charge in [0, 0.05) is 14.2 Å². The third-order valence-electron chi connectivity index (χ3n) is 0.664. The van der Waals surface area contributed by atoms with E-state index in [-0.39, 0.29) is 21.1 Å². The molecule has 54 valence electrons. The maximum Gasteiger partial charge on any atom is 0.154 e. The van der Waals surface area contributed by atoms with Crippen molar-refractivity contribution in [1.29, 1.82) is 0 Å². The Morgan fingerprint density at radius 1 is 1.00 bits per heavy atom. The summed E-state index contributed by atoms with van der Waals surface area (Å²) in [5.74, 6) is 0. The average molecular weight is 122 g/mol. The van der Waals surface area contributed by atoms with Crippen molar-refractivity contribution >= 4 is 0 Å². The molecular formula is C6H18O2. The van der Waals surface area contributed by atoms with E-state index in [2.05, 4.69) is 9.47 Å². The number of hydrogen-bond donors (Lipinski definition) is 0. The Balaban J connectivity index is -0.000000125.